The van der Waals surface area contributed by atoms with Crippen molar-refractivity contribution in [2.24, 2.45) is 0 Å². The van der Waals surface area contributed by atoms with Gasteiger partial charge in [0, 0.05) is 27.7 Å². The molecule has 3 N–H and O–H groups in total. The number of aromatic hydroxyl groups is 1. The highest BCUT2D eigenvalue weighted by molar-refractivity contribution is 6.37. The van der Waals surface area contributed by atoms with Gasteiger partial charge in [-0.2, -0.15) is 0 Å². The van der Waals surface area contributed by atoms with Gasteiger partial charge < -0.3 is 20.5 Å². The Hall–Kier alpha value is -1.70. The zero-order valence-electron chi connectivity index (χ0n) is 14.3. The molecule has 0 aliphatic rings. The van der Waals surface area contributed by atoms with E-state index in [0.29, 0.717) is 27.6 Å². The Morgan fingerprint density at radius 2 is 1.89 bits per heavy atom. The molecule has 1 unspecified atom stereocenters. The van der Waals surface area contributed by atoms with Gasteiger partial charge in [-0.15, -0.1) is 0 Å². The highest BCUT2D eigenvalue weighted by Gasteiger charge is 2.19. The van der Waals surface area contributed by atoms with Crippen molar-refractivity contribution < 1.29 is 19.4 Å². The van der Waals surface area contributed by atoms with Crippen LogP contribution in [0.4, 0.5) is 0 Å². The quantitative estimate of drug-likeness (QED) is 0.486. The number of ether oxygens (including phenoxy) is 1. The topological polar surface area (TPSA) is 87.7 Å². The molecule has 0 saturated carbocycles. The predicted molar refractivity (Wildman–Crippen MR) is 109 cm³/mol. The van der Waals surface area contributed by atoms with Crippen molar-refractivity contribution >= 4 is 58.7 Å². The van der Waals surface area contributed by atoms with Crippen molar-refractivity contribution in [1.82, 2.24) is 10.6 Å². The number of hydrogen-bond donors (Lipinski definition) is 3. The van der Waals surface area contributed by atoms with Crippen molar-refractivity contribution in [2.75, 3.05) is 13.1 Å². The minimum atomic E-state index is -0.640. The molecule has 0 spiro atoms. The molecule has 2 aromatic carbocycles. The molecule has 0 heterocycles. The lowest BCUT2D eigenvalue weighted by atomic mass is 10.1. The van der Waals surface area contributed by atoms with E-state index in [1.807, 2.05) is 0 Å². The fourth-order valence-electron chi connectivity index (χ4n) is 2.31. The van der Waals surface area contributed by atoms with Gasteiger partial charge in [0.1, 0.15) is 6.10 Å². The van der Waals surface area contributed by atoms with Gasteiger partial charge in [-0.1, -0.05) is 58.5 Å². The van der Waals surface area contributed by atoms with Crippen LogP contribution >= 0.6 is 46.4 Å². The number of phenols is 1. The molecule has 2 rings (SSSR count). The predicted octanol–water partition coefficient (Wildman–Crippen LogP) is 4.13. The molecule has 150 valence electrons. The highest BCUT2D eigenvalue weighted by Crippen LogP contribution is 2.35. The summed E-state index contributed by atoms with van der Waals surface area (Å²) < 4.78 is 5.89. The standard InChI is InChI=1S/C18H16Cl4N2O4/c19-11-2-3-12(14(21)5-11)15(6-24-16(26)7-23-9-25)28-8-10-1-4-13(20)18(27)17(10)22/h1-5,9,15,27H,6-8H2,(H,23,25)(H,24,26). The normalized spacial score (nSPS) is 11.7. The fourth-order valence-corrected chi connectivity index (χ4v) is 3.26. The van der Waals surface area contributed by atoms with E-state index in [9.17, 15) is 14.7 Å². The van der Waals surface area contributed by atoms with Crippen molar-refractivity contribution in [1.29, 1.82) is 0 Å². The zero-order chi connectivity index (χ0) is 20.7. The summed E-state index contributed by atoms with van der Waals surface area (Å²) in [7, 11) is 0. The first kappa shape index (κ1) is 22.6. The largest absolute Gasteiger partial charge is 0.505 e. The molecule has 0 aliphatic carbocycles. The number of carbonyl (C=O) groups is 2. The summed E-state index contributed by atoms with van der Waals surface area (Å²) in [6.07, 6.45) is -0.211. The van der Waals surface area contributed by atoms with Gasteiger partial charge in [0.2, 0.25) is 12.3 Å². The Labute approximate surface area is 181 Å². The molecule has 10 heteroatoms. The van der Waals surface area contributed by atoms with Gasteiger partial charge in [0.15, 0.2) is 5.75 Å². The average molecular weight is 466 g/mol. The smallest absolute Gasteiger partial charge is 0.239 e. The molecule has 6 nitrogen and oxygen atoms in total. The van der Waals surface area contributed by atoms with Crippen LogP contribution in [0.3, 0.4) is 0 Å². The van der Waals surface area contributed by atoms with E-state index in [1.54, 1.807) is 24.3 Å². The van der Waals surface area contributed by atoms with Gasteiger partial charge in [-0.25, -0.2) is 0 Å². The molecule has 2 amide bonds. The van der Waals surface area contributed by atoms with E-state index in [0.717, 1.165) is 0 Å². The number of carbonyl (C=O) groups excluding carboxylic acids is 2. The molecule has 0 radical (unpaired) electrons. The third kappa shape index (κ3) is 6.15. The van der Waals surface area contributed by atoms with Crippen LogP contribution in [0.1, 0.15) is 17.2 Å². The summed E-state index contributed by atoms with van der Waals surface area (Å²) in [5.74, 6) is -0.633. The Morgan fingerprint density at radius 3 is 2.57 bits per heavy atom. The Bertz CT molecular complexity index is 864. The van der Waals surface area contributed by atoms with Crippen LogP contribution in [0, 0.1) is 0 Å². The van der Waals surface area contributed by atoms with Crippen molar-refractivity contribution in [3.8, 4) is 5.75 Å². The van der Waals surface area contributed by atoms with Crippen LogP contribution in [-0.4, -0.2) is 30.5 Å². The van der Waals surface area contributed by atoms with Crippen LogP contribution in [0.5, 0.6) is 5.75 Å². The van der Waals surface area contributed by atoms with Crippen molar-refractivity contribution in [3.05, 3.63) is 61.5 Å². The Kier molecular flexibility index (Phi) is 8.66. The van der Waals surface area contributed by atoms with Gasteiger partial charge in [0.05, 0.1) is 23.2 Å². The minimum absolute atomic E-state index is 0.0235. The number of amides is 2. The number of phenolic OH excluding ortho intramolecular Hbond substituents is 1. The van der Waals surface area contributed by atoms with E-state index in [1.165, 1.54) is 6.07 Å². The van der Waals surface area contributed by atoms with Gasteiger partial charge in [-0.05, 0) is 18.2 Å². The van der Waals surface area contributed by atoms with E-state index >= 15 is 0 Å². The SMILES string of the molecule is O=CNCC(=O)NCC(OCc1ccc(Cl)c(O)c1Cl)c1ccc(Cl)cc1Cl. The third-order valence-electron chi connectivity index (χ3n) is 3.73. The summed E-state index contributed by atoms with van der Waals surface area (Å²) in [5, 5.41) is 15.8. The molecular formula is C18H16Cl4N2O4. The lowest BCUT2D eigenvalue weighted by Gasteiger charge is -2.21. The van der Waals surface area contributed by atoms with E-state index in [4.69, 9.17) is 51.1 Å². The summed E-state index contributed by atoms with van der Waals surface area (Å²) in [4.78, 5) is 22.1. The van der Waals surface area contributed by atoms with Gasteiger partial charge in [0.25, 0.3) is 0 Å². The molecule has 0 saturated heterocycles. The van der Waals surface area contributed by atoms with E-state index in [-0.39, 0.29) is 35.5 Å². The fraction of sp³-hybridized carbons (Fsp3) is 0.222. The van der Waals surface area contributed by atoms with Crippen LogP contribution in [0.15, 0.2) is 30.3 Å². The first-order valence-electron chi connectivity index (χ1n) is 7.99. The molecule has 2 aromatic rings. The van der Waals surface area contributed by atoms with E-state index in [2.05, 4.69) is 10.6 Å². The maximum atomic E-state index is 11.8. The summed E-state index contributed by atoms with van der Waals surface area (Å²) >= 11 is 24.1. The van der Waals surface area contributed by atoms with E-state index < -0.39 is 12.0 Å². The average Bonchev–Trinajstić information content (AvgIpc) is 2.66. The first-order chi connectivity index (χ1) is 13.3. The Morgan fingerprint density at radius 1 is 1.14 bits per heavy atom. The molecule has 1 atom stereocenters. The molecule has 0 bridgehead atoms. The second kappa shape index (κ2) is 10.7. The second-order valence-electron chi connectivity index (χ2n) is 5.64. The minimum Gasteiger partial charge on any atom is -0.505 e. The maximum Gasteiger partial charge on any atom is 0.239 e. The van der Waals surface area contributed by atoms with Crippen molar-refractivity contribution in [3.63, 3.8) is 0 Å². The Balaban J connectivity index is 2.17. The monoisotopic (exact) mass is 464 g/mol. The zero-order valence-corrected chi connectivity index (χ0v) is 17.4. The van der Waals surface area contributed by atoms with Crippen LogP contribution in [-0.2, 0) is 20.9 Å². The number of hydrogen-bond acceptors (Lipinski definition) is 4. The summed E-state index contributed by atoms with van der Waals surface area (Å²) in [6.45, 7) is -0.0605. The van der Waals surface area contributed by atoms with Crippen LogP contribution < -0.4 is 10.6 Å². The number of nitrogens with one attached hydrogen (secondary N) is 2. The molecule has 0 aliphatic heterocycles. The lowest BCUT2D eigenvalue weighted by molar-refractivity contribution is -0.122. The highest BCUT2D eigenvalue weighted by atomic mass is 35.5. The lowest BCUT2D eigenvalue weighted by Crippen LogP contribution is -2.36. The second-order valence-corrected chi connectivity index (χ2v) is 7.27. The third-order valence-corrected chi connectivity index (χ3v) is 5.02. The first-order valence-corrected chi connectivity index (χ1v) is 9.50. The number of benzene rings is 2. The molecule has 0 fully saturated rings. The molecule has 28 heavy (non-hydrogen) atoms. The molecular weight excluding hydrogens is 450 g/mol. The van der Waals surface area contributed by atoms with Crippen molar-refractivity contribution in [2.45, 2.75) is 12.7 Å². The molecule has 0 aromatic heterocycles. The van der Waals surface area contributed by atoms with Crippen LogP contribution in [0.2, 0.25) is 20.1 Å². The van der Waals surface area contributed by atoms with Gasteiger partial charge in [-0.3, -0.25) is 9.59 Å². The number of rotatable bonds is 9. The summed E-state index contributed by atoms with van der Waals surface area (Å²) in [5.41, 5.74) is 1.11. The van der Waals surface area contributed by atoms with Gasteiger partial charge >= 0.3 is 0 Å². The number of halogens is 4. The summed E-state index contributed by atoms with van der Waals surface area (Å²) in [6, 6.07) is 8.02. The van der Waals surface area contributed by atoms with Crippen LogP contribution in [0.25, 0.3) is 0 Å². The maximum absolute atomic E-state index is 11.8.